The summed E-state index contributed by atoms with van der Waals surface area (Å²) in [7, 11) is 5.72. The van der Waals surface area contributed by atoms with Crippen LogP contribution in [0.15, 0.2) is 77.8 Å². The lowest BCUT2D eigenvalue weighted by atomic mass is 9.87. The van der Waals surface area contributed by atoms with Crippen molar-refractivity contribution in [3.8, 4) is 0 Å². The van der Waals surface area contributed by atoms with Crippen LogP contribution in [0.25, 0.3) is 0 Å². The molecule has 0 amide bonds. The highest BCUT2D eigenvalue weighted by molar-refractivity contribution is 6.10. The predicted molar refractivity (Wildman–Crippen MR) is 101 cm³/mol. The molecule has 0 bridgehead atoms. The summed E-state index contributed by atoms with van der Waals surface area (Å²) < 4.78 is 0. The fraction of sp³-hybridized carbons (Fsp3) is 0.190. The second-order valence-electron chi connectivity index (χ2n) is 5.89. The van der Waals surface area contributed by atoms with E-state index < -0.39 is 0 Å². The Hall–Kier alpha value is -3.01. The third-order valence-electron chi connectivity index (χ3n) is 4.57. The van der Waals surface area contributed by atoms with Gasteiger partial charge in [-0.25, -0.2) is 0 Å². The normalized spacial score (nSPS) is 16.4. The topological polar surface area (TPSA) is 53.2 Å². The van der Waals surface area contributed by atoms with E-state index in [2.05, 4.69) is 22.0 Å². The minimum atomic E-state index is -0.0266. The average molecular weight is 333 g/mol. The van der Waals surface area contributed by atoms with Crippen LogP contribution in [0.4, 0.5) is 0 Å². The zero-order chi connectivity index (χ0) is 17.8. The molecule has 2 aromatic carbocycles. The molecule has 1 atom stereocenters. The minimum absolute atomic E-state index is 0.0266. The monoisotopic (exact) mass is 333 g/mol. The van der Waals surface area contributed by atoms with Gasteiger partial charge in [0, 0.05) is 43.7 Å². The van der Waals surface area contributed by atoms with Gasteiger partial charge in [-0.3, -0.25) is 4.79 Å². The number of allylic oxidation sites excluding steroid dienone is 1. The van der Waals surface area contributed by atoms with Gasteiger partial charge in [0.15, 0.2) is 5.78 Å². The molecule has 128 valence electrons. The first kappa shape index (κ1) is 16.8. The zero-order valence-corrected chi connectivity index (χ0v) is 14.8. The highest BCUT2D eigenvalue weighted by Crippen LogP contribution is 2.38. The van der Waals surface area contributed by atoms with Crippen molar-refractivity contribution < 1.29 is 4.79 Å². The molecule has 0 heterocycles. The summed E-state index contributed by atoms with van der Waals surface area (Å²) in [6.45, 7) is 0. The number of hydrogen-bond donors (Lipinski definition) is 3. The number of ketones is 1. The van der Waals surface area contributed by atoms with Crippen LogP contribution in [-0.2, 0) is 0 Å². The molecule has 2 aromatic rings. The van der Waals surface area contributed by atoms with Crippen LogP contribution in [0.3, 0.4) is 0 Å². The number of hydrogen-bond acceptors (Lipinski definition) is 4. The predicted octanol–water partition coefficient (Wildman–Crippen LogP) is 2.77. The Bertz CT molecular complexity index is 837. The van der Waals surface area contributed by atoms with E-state index in [1.165, 1.54) is 0 Å². The summed E-state index contributed by atoms with van der Waals surface area (Å²) in [5, 5.41) is 9.80. The summed E-state index contributed by atoms with van der Waals surface area (Å²) in [6.07, 6.45) is 2.08. The van der Waals surface area contributed by atoms with Gasteiger partial charge in [0.05, 0.1) is 11.6 Å². The van der Waals surface area contributed by atoms with Crippen molar-refractivity contribution in [3.63, 3.8) is 0 Å². The molecule has 3 rings (SSSR count). The molecule has 4 nitrogen and oxygen atoms in total. The van der Waals surface area contributed by atoms with Gasteiger partial charge < -0.3 is 16.0 Å². The number of benzene rings is 2. The van der Waals surface area contributed by atoms with E-state index >= 15 is 0 Å². The average Bonchev–Trinajstić information content (AvgIpc) is 3.05. The van der Waals surface area contributed by atoms with Crippen molar-refractivity contribution in [1.82, 2.24) is 16.0 Å². The van der Waals surface area contributed by atoms with Gasteiger partial charge >= 0.3 is 0 Å². The molecule has 25 heavy (non-hydrogen) atoms. The van der Waals surface area contributed by atoms with Crippen molar-refractivity contribution in [2.24, 2.45) is 0 Å². The van der Waals surface area contributed by atoms with E-state index in [1.54, 1.807) is 0 Å². The number of carbonyl (C=O) groups excluding carboxylic acids is 1. The van der Waals surface area contributed by atoms with E-state index in [9.17, 15) is 4.79 Å². The van der Waals surface area contributed by atoms with Gasteiger partial charge in [-0.05, 0) is 11.6 Å². The smallest absolute Gasteiger partial charge is 0.193 e. The fourth-order valence-corrected chi connectivity index (χ4v) is 3.35. The van der Waals surface area contributed by atoms with Crippen LogP contribution in [0.5, 0.6) is 0 Å². The van der Waals surface area contributed by atoms with Crippen molar-refractivity contribution >= 4 is 5.78 Å². The highest BCUT2D eigenvalue weighted by Gasteiger charge is 2.31. The first-order valence-corrected chi connectivity index (χ1v) is 8.39. The third kappa shape index (κ3) is 3.03. The maximum Gasteiger partial charge on any atom is 0.193 e. The Balaban J connectivity index is 2.11. The number of likely N-dealkylation sites (N-methyl/N-ethyl adjacent to an activating group) is 3. The molecule has 3 N–H and O–H groups in total. The second-order valence-corrected chi connectivity index (χ2v) is 5.89. The van der Waals surface area contributed by atoms with Crippen LogP contribution in [0.2, 0.25) is 0 Å². The fourth-order valence-electron chi connectivity index (χ4n) is 3.35. The Morgan fingerprint density at radius 2 is 1.52 bits per heavy atom. The summed E-state index contributed by atoms with van der Waals surface area (Å²) in [5.41, 5.74) is 5.56. The van der Waals surface area contributed by atoms with E-state index in [1.807, 2.05) is 75.7 Å². The summed E-state index contributed by atoms with van der Waals surface area (Å²) in [4.78, 5) is 13.1. The van der Waals surface area contributed by atoms with Gasteiger partial charge in [0.1, 0.15) is 0 Å². The maximum atomic E-state index is 13.1. The van der Waals surface area contributed by atoms with Crippen molar-refractivity contribution in [3.05, 3.63) is 94.5 Å². The lowest BCUT2D eigenvalue weighted by Gasteiger charge is -2.22. The van der Waals surface area contributed by atoms with Crippen LogP contribution >= 0.6 is 0 Å². The van der Waals surface area contributed by atoms with Crippen LogP contribution < -0.4 is 16.0 Å². The van der Waals surface area contributed by atoms with E-state index in [0.717, 1.165) is 28.2 Å². The first-order chi connectivity index (χ1) is 12.2. The quantitative estimate of drug-likeness (QED) is 0.712. The molecule has 1 unspecified atom stereocenters. The highest BCUT2D eigenvalue weighted by atomic mass is 16.1. The number of nitrogens with one attached hydrogen (secondary N) is 3. The van der Waals surface area contributed by atoms with Crippen LogP contribution in [-0.4, -0.2) is 26.9 Å². The molecule has 0 spiro atoms. The van der Waals surface area contributed by atoms with Gasteiger partial charge in [-0.2, -0.15) is 0 Å². The molecule has 4 heteroatoms. The molecule has 0 aromatic heterocycles. The van der Waals surface area contributed by atoms with Crippen LogP contribution in [0.1, 0.15) is 27.4 Å². The van der Waals surface area contributed by atoms with E-state index in [4.69, 9.17) is 0 Å². The molecule has 0 radical (unpaired) electrons. The van der Waals surface area contributed by atoms with Crippen molar-refractivity contribution in [2.45, 2.75) is 5.92 Å². The molecule has 0 saturated carbocycles. The van der Waals surface area contributed by atoms with E-state index in [-0.39, 0.29) is 11.7 Å². The lowest BCUT2D eigenvalue weighted by molar-refractivity contribution is 0.103. The molecule has 0 saturated heterocycles. The van der Waals surface area contributed by atoms with Crippen LogP contribution in [0, 0.1) is 0 Å². The van der Waals surface area contributed by atoms with Crippen molar-refractivity contribution in [1.29, 1.82) is 0 Å². The molecule has 1 aliphatic carbocycles. The summed E-state index contributed by atoms with van der Waals surface area (Å²) >= 11 is 0. The molecular formula is C21H23N3O. The van der Waals surface area contributed by atoms with Gasteiger partial charge in [0.2, 0.25) is 0 Å². The molecular weight excluding hydrogens is 310 g/mol. The maximum absolute atomic E-state index is 13.1. The van der Waals surface area contributed by atoms with Gasteiger partial charge in [-0.15, -0.1) is 0 Å². The van der Waals surface area contributed by atoms with E-state index in [0.29, 0.717) is 5.56 Å². The van der Waals surface area contributed by atoms with Gasteiger partial charge in [-0.1, -0.05) is 54.6 Å². The Kier molecular flexibility index (Phi) is 4.89. The van der Waals surface area contributed by atoms with Crippen molar-refractivity contribution in [2.75, 3.05) is 21.1 Å². The summed E-state index contributed by atoms with van der Waals surface area (Å²) in [5.74, 6) is 0.0151. The summed E-state index contributed by atoms with van der Waals surface area (Å²) in [6, 6.07) is 17.2. The largest absolute Gasteiger partial charge is 0.391 e. The standard InChI is InChI=1S/C21H23N3O/c1-22-17-13-18(23-2)20(24-3)19(17)15-11-7-8-12-16(15)21(25)14-9-5-4-6-10-14/h4-13,19,22-24H,1-3H3. The Morgan fingerprint density at radius 3 is 2.16 bits per heavy atom. The third-order valence-corrected chi connectivity index (χ3v) is 4.57. The molecule has 1 aliphatic rings. The first-order valence-electron chi connectivity index (χ1n) is 8.39. The Morgan fingerprint density at radius 1 is 0.840 bits per heavy atom. The van der Waals surface area contributed by atoms with Gasteiger partial charge in [0.25, 0.3) is 0 Å². The number of rotatable bonds is 6. The minimum Gasteiger partial charge on any atom is -0.391 e. The zero-order valence-electron chi connectivity index (χ0n) is 14.8. The SMILES string of the molecule is CNC1=CC(NC)=C(NC)C1c1ccccc1C(=O)c1ccccc1. The Labute approximate surface area is 148 Å². The number of carbonyl (C=O) groups is 1. The lowest BCUT2D eigenvalue weighted by Crippen LogP contribution is -2.23. The molecule has 0 fully saturated rings. The second kappa shape index (κ2) is 7.26. The molecule has 0 aliphatic heterocycles.